The molecule has 3 aromatic rings. The van der Waals surface area contributed by atoms with Gasteiger partial charge in [0.05, 0.1) is 16.6 Å². The summed E-state index contributed by atoms with van der Waals surface area (Å²) in [6.45, 7) is 6.37. The number of anilines is 1. The van der Waals surface area contributed by atoms with Crippen molar-refractivity contribution in [2.75, 3.05) is 18.4 Å². The molecule has 4 rings (SSSR count). The Hall–Kier alpha value is -2.56. The highest BCUT2D eigenvalue weighted by Crippen LogP contribution is 2.27. The van der Waals surface area contributed by atoms with Crippen LogP contribution in [-0.2, 0) is 21.4 Å². The lowest BCUT2D eigenvalue weighted by Gasteiger charge is -2.26. The van der Waals surface area contributed by atoms with Crippen LogP contribution < -0.4 is 10.9 Å². The Morgan fingerprint density at radius 1 is 1.16 bits per heavy atom. The first kappa shape index (κ1) is 22.6. The second kappa shape index (κ2) is 8.76. The minimum atomic E-state index is -3.63. The van der Waals surface area contributed by atoms with E-state index < -0.39 is 15.9 Å². The molecule has 0 unspecified atom stereocenters. The molecule has 1 N–H and O–H groups in total. The molecule has 1 aliphatic heterocycles. The van der Waals surface area contributed by atoms with Gasteiger partial charge in [0, 0.05) is 23.7 Å². The molecule has 1 aromatic carbocycles. The molecule has 0 saturated carbocycles. The van der Waals surface area contributed by atoms with E-state index in [1.165, 1.54) is 32.6 Å². The molecule has 2 aromatic heterocycles. The van der Waals surface area contributed by atoms with Gasteiger partial charge in [-0.1, -0.05) is 12.5 Å². The summed E-state index contributed by atoms with van der Waals surface area (Å²) in [6.07, 6.45) is 4.11. The van der Waals surface area contributed by atoms with Crippen molar-refractivity contribution in [1.29, 1.82) is 0 Å². The van der Waals surface area contributed by atoms with E-state index in [2.05, 4.69) is 10.3 Å². The van der Waals surface area contributed by atoms with Crippen molar-refractivity contribution in [3.05, 3.63) is 50.9 Å². The highest BCUT2D eigenvalue weighted by atomic mass is 32.2. The highest BCUT2D eigenvalue weighted by Gasteiger charge is 2.27. The normalized spacial score (nSPS) is 15.2. The number of carbonyl (C=O) groups excluding carboxylic acids is 1. The van der Waals surface area contributed by atoms with Crippen LogP contribution in [0.5, 0.6) is 0 Å². The van der Waals surface area contributed by atoms with E-state index in [-0.39, 0.29) is 17.0 Å². The number of aryl methyl sites for hydroxylation is 3. The van der Waals surface area contributed by atoms with Gasteiger partial charge in [-0.3, -0.25) is 14.2 Å². The monoisotopic (exact) mass is 474 g/mol. The van der Waals surface area contributed by atoms with E-state index >= 15 is 0 Å². The third-order valence-electron chi connectivity index (χ3n) is 5.87. The summed E-state index contributed by atoms with van der Waals surface area (Å²) in [6, 6.07) is 4.84. The lowest BCUT2D eigenvalue weighted by molar-refractivity contribution is -0.116. The van der Waals surface area contributed by atoms with Crippen LogP contribution in [0.1, 0.15) is 35.3 Å². The lowest BCUT2D eigenvalue weighted by atomic mass is 10.2. The molecular formula is C22H26N4O4S2. The van der Waals surface area contributed by atoms with Crippen LogP contribution >= 0.6 is 11.3 Å². The van der Waals surface area contributed by atoms with Gasteiger partial charge in [0.2, 0.25) is 15.9 Å². The molecule has 0 atom stereocenters. The highest BCUT2D eigenvalue weighted by molar-refractivity contribution is 7.89. The van der Waals surface area contributed by atoms with Gasteiger partial charge in [-0.15, -0.1) is 11.3 Å². The van der Waals surface area contributed by atoms with Gasteiger partial charge in [0.15, 0.2) is 0 Å². The first-order chi connectivity index (χ1) is 15.2. The number of rotatable bonds is 5. The molecule has 1 fully saturated rings. The Morgan fingerprint density at radius 2 is 1.88 bits per heavy atom. The summed E-state index contributed by atoms with van der Waals surface area (Å²) < 4.78 is 29.0. The summed E-state index contributed by atoms with van der Waals surface area (Å²) in [4.78, 5) is 31.7. The number of fused-ring (bicyclic) bond motifs is 1. The number of nitrogens with zero attached hydrogens (tertiary/aromatic N) is 3. The number of sulfonamides is 1. The summed E-state index contributed by atoms with van der Waals surface area (Å²) in [5.74, 6) is -0.428. The van der Waals surface area contributed by atoms with Crippen LogP contribution in [0.3, 0.4) is 0 Å². The maximum atomic E-state index is 13.1. The van der Waals surface area contributed by atoms with Gasteiger partial charge < -0.3 is 5.32 Å². The average Bonchev–Trinajstić information content (AvgIpc) is 3.06. The molecule has 32 heavy (non-hydrogen) atoms. The van der Waals surface area contributed by atoms with E-state index in [0.29, 0.717) is 34.6 Å². The summed E-state index contributed by atoms with van der Waals surface area (Å²) >= 11 is 1.45. The second-order valence-corrected chi connectivity index (χ2v) is 11.2. The fourth-order valence-electron chi connectivity index (χ4n) is 3.94. The van der Waals surface area contributed by atoms with E-state index in [9.17, 15) is 18.0 Å². The SMILES string of the molecule is Cc1ccc(NC(=O)Cn2cnc3sc(C)c(C)c3c2=O)cc1S(=O)(=O)N1CCCCC1. The second-order valence-electron chi connectivity index (χ2n) is 8.13. The number of hydrogen-bond donors (Lipinski definition) is 1. The van der Waals surface area contributed by atoms with Gasteiger partial charge in [0.1, 0.15) is 11.4 Å². The van der Waals surface area contributed by atoms with Crippen LogP contribution in [0.2, 0.25) is 0 Å². The van der Waals surface area contributed by atoms with E-state index in [1.807, 2.05) is 13.8 Å². The smallest absolute Gasteiger partial charge is 0.262 e. The number of hydrogen-bond acceptors (Lipinski definition) is 6. The lowest BCUT2D eigenvalue weighted by Crippen LogP contribution is -2.36. The minimum absolute atomic E-state index is 0.196. The molecule has 1 saturated heterocycles. The first-order valence-electron chi connectivity index (χ1n) is 10.5. The Balaban J connectivity index is 1.56. The number of aromatic nitrogens is 2. The van der Waals surface area contributed by atoms with Crippen LogP contribution in [0.15, 0.2) is 34.2 Å². The number of amides is 1. The molecule has 10 heteroatoms. The number of benzene rings is 1. The Labute approximate surface area is 190 Å². The molecule has 8 nitrogen and oxygen atoms in total. The third kappa shape index (κ3) is 4.22. The van der Waals surface area contributed by atoms with E-state index in [4.69, 9.17) is 0 Å². The number of nitrogens with one attached hydrogen (secondary N) is 1. The maximum absolute atomic E-state index is 13.1. The van der Waals surface area contributed by atoms with Crippen LogP contribution in [0.4, 0.5) is 5.69 Å². The van der Waals surface area contributed by atoms with Crippen molar-refractivity contribution < 1.29 is 13.2 Å². The van der Waals surface area contributed by atoms with Crippen molar-refractivity contribution in [3.8, 4) is 0 Å². The van der Waals surface area contributed by atoms with Crippen molar-refractivity contribution in [3.63, 3.8) is 0 Å². The standard InChI is InChI=1S/C22H26N4O4S2/c1-14-7-8-17(11-18(14)32(29,30)26-9-5-4-6-10-26)24-19(27)12-25-13-23-21-20(22(25)28)15(2)16(3)31-21/h7-8,11,13H,4-6,9-10,12H2,1-3H3,(H,24,27). The van der Waals surface area contributed by atoms with Crippen LogP contribution in [-0.4, -0.2) is 41.3 Å². The van der Waals surface area contributed by atoms with Gasteiger partial charge in [0.25, 0.3) is 5.56 Å². The molecule has 3 heterocycles. The summed E-state index contributed by atoms with van der Waals surface area (Å²) in [5, 5.41) is 3.26. The zero-order valence-electron chi connectivity index (χ0n) is 18.3. The molecule has 0 bridgehead atoms. The van der Waals surface area contributed by atoms with Crippen molar-refractivity contribution in [2.24, 2.45) is 0 Å². The molecule has 0 radical (unpaired) electrons. The number of piperidine rings is 1. The quantitative estimate of drug-likeness (QED) is 0.612. The molecule has 0 aliphatic carbocycles. The fraction of sp³-hybridized carbons (Fsp3) is 0.409. The first-order valence-corrected chi connectivity index (χ1v) is 12.8. The van der Waals surface area contributed by atoms with Gasteiger partial charge in [-0.05, 0) is 56.9 Å². The number of thiophene rings is 1. The third-order valence-corrected chi connectivity index (χ3v) is 9.03. The average molecular weight is 475 g/mol. The van der Waals surface area contributed by atoms with Crippen molar-refractivity contribution in [1.82, 2.24) is 13.9 Å². The van der Waals surface area contributed by atoms with Gasteiger partial charge in [-0.25, -0.2) is 13.4 Å². The maximum Gasteiger partial charge on any atom is 0.262 e. The largest absolute Gasteiger partial charge is 0.324 e. The van der Waals surface area contributed by atoms with E-state index in [0.717, 1.165) is 29.7 Å². The van der Waals surface area contributed by atoms with Crippen molar-refractivity contribution >= 4 is 43.2 Å². The molecule has 1 amide bonds. The summed E-state index contributed by atoms with van der Waals surface area (Å²) in [5.41, 5.74) is 1.62. The van der Waals surface area contributed by atoms with Crippen molar-refractivity contribution in [2.45, 2.75) is 51.5 Å². The minimum Gasteiger partial charge on any atom is -0.324 e. The molecule has 1 aliphatic rings. The Bertz CT molecular complexity index is 1350. The molecular weight excluding hydrogens is 448 g/mol. The van der Waals surface area contributed by atoms with Crippen LogP contribution in [0, 0.1) is 20.8 Å². The number of carbonyl (C=O) groups is 1. The molecule has 0 spiro atoms. The van der Waals surface area contributed by atoms with E-state index in [1.54, 1.807) is 19.1 Å². The fourth-order valence-corrected chi connectivity index (χ4v) is 6.69. The van der Waals surface area contributed by atoms with Gasteiger partial charge in [-0.2, -0.15) is 4.31 Å². The zero-order chi connectivity index (χ0) is 23.0. The predicted octanol–water partition coefficient (Wildman–Crippen LogP) is 3.20. The Morgan fingerprint density at radius 3 is 2.59 bits per heavy atom. The Kier molecular flexibility index (Phi) is 6.19. The molecule has 170 valence electrons. The topological polar surface area (TPSA) is 101 Å². The predicted molar refractivity (Wildman–Crippen MR) is 126 cm³/mol. The van der Waals surface area contributed by atoms with Gasteiger partial charge >= 0.3 is 0 Å². The summed E-state index contributed by atoms with van der Waals surface area (Å²) in [7, 11) is -3.63. The zero-order valence-corrected chi connectivity index (χ0v) is 20.0. The van der Waals surface area contributed by atoms with Crippen LogP contribution in [0.25, 0.3) is 10.2 Å².